The summed E-state index contributed by atoms with van der Waals surface area (Å²) in [5, 5.41) is 0. The van der Waals surface area contributed by atoms with Gasteiger partial charge < -0.3 is 4.74 Å². The summed E-state index contributed by atoms with van der Waals surface area (Å²) >= 11 is 0. The lowest BCUT2D eigenvalue weighted by molar-refractivity contribution is 0.242. The predicted octanol–water partition coefficient (Wildman–Crippen LogP) is 3.89. The van der Waals surface area contributed by atoms with E-state index >= 15 is 0 Å². The van der Waals surface area contributed by atoms with Crippen LogP contribution in [0.15, 0.2) is 36.2 Å². The molecule has 0 aliphatic heterocycles. The van der Waals surface area contributed by atoms with Gasteiger partial charge in [-0.2, -0.15) is 0 Å². The molecule has 0 spiro atoms. The number of hydrogen-bond acceptors (Lipinski definition) is 1. The van der Waals surface area contributed by atoms with Gasteiger partial charge in [-0.15, -0.1) is 0 Å². The van der Waals surface area contributed by atoms with Gasteiger partial charge in [-0.3, -0.25) is 0 Å². The molecule has 15 heavy (non-hydrogen) atoms. The SMILES string of the molecule is C/C(=C/F)Cc1cccc(OC(C)C)c1. The molecular formula is C13H17FO. The van der Waals surface area contributed by atoms with Crippen molar-refractivity contribution in [3.05, 3.63) is 41.7 Å². The third-order valence-corrected chi connectivity index (χ3v) is 1.94. The second-order valence-electron chi connectivity index (χ2n) is 3.95. The van der Waals surface area contributed by atoms with Gasteiger partial charge >= 0.3 is 0 Å². The Hall–Kier alpha value is -1.31. The second kappa shape index (κ2) is 5.54. The molecule has 0 aliphatic rings. The molecule has 0 saturated carbocycles. The fourth-order valence-electron chi connectivity index (χ4n) is 1.36. The van der Waals surface area contributed by atoms with Crippen LogP contribution < -0.4 is 4.74 Å². The lowest BCUT2D eigenvalue weighted by Gasteiger charge is -2.10. The number of benzene rings is 1. The van der Waals surface area contributed by atoms with Crippen LogP contribution in [0.2, 0.25) is 0 Å². The fourth-order valence-corrected chi connectivity index (χ4v) is 1.36. The van der Waals surface area contributed by atoms with Gasteiger partial charge in [0.05, 0.1) is 12.4 Å². The van der Waals surface area contributed by atoms with E-state index in [1.165, 1.54) is 0 Å². The van der Waals surface area contributed by atoms with E-state index in [-0.39, 0.29) is 6.10 Å². The number of ether oxygens (including phenoxy) is 1. The van der Waals surface area contributed by atoms with Crippen LogP contribution >= 0.6 is 0 Å². The Balaban J connectivity index is 2.74. The van der Waals surface area contributed by atoms with Crippen LogP contribution in [0.5, 0.6) is 5.75 Å². The molecule has 0 heterocycles. The van der Waals surface area contributed by atoms with Crippen molar-refractivity contribution in [1.29, 1.82) is 0 Å². The summed E-state index contributed by atoms with van der Waals surface area (Å²) in [5.41, 5.74) is 1.79. The molecule has 1 rings (SSSR count). The van der Waals surface area contributed by atoms with Crippen LogP contribution in [-0.4, -0.2) is 6.10 Å². The van der Waals surface area contributed by atoms with E-state index < -0.39 is 0 Å². The van der Waals surface area contributed by atoms with E-state index in [9.17, 15) is 4.39 Å². The first-order chi connectivity index (χ1) is 7.11. The highest BCUT2D eigenvalue weighted by molar-refractivity contribution is 5.30. The maximum atomic E-state index is 12.2. The minimum atomic E-state index is 0.165. The fraction of sp³-hybridized carbons (Fsp3) is 0.385. The Kier molecular flexibility index (Phi) is 4.35. The molecule has 1 aromatic rings. The average molecular weight is 208 g/mol. The molecule has 0 amide bonds. The molecule has 0 atom stereocenters. The lowest BCUT2D eigenvalue weighted by atomic mass is 10.1. The molecule has 0 bridgehead atoms. The van der Waals surface area contributed by atoms with Crippen LogP contribution in [0.1, 0.15) is 26.3 Å². The van der Waals surface area contributed by atoms with Crippen molar-refractivity contribution in [2.75, 3.05) is 0 Å². The molecular weight excluding hydrogens is 191 g/mol. The van der Waals surface area contributed by atoms with Gasteiger partial charge in [-0.1, -0.05) is 12.1 Å². The topological polar surface area (TPSA) is 9.23 Å². The monoisotopic (exact) mass is 208 g/mol. The maximum Gasteiger partial charge on any atom is 0.119 e. The highest BCUT2D eigenvalue weighted by Gasteiger charge is 2.00. The van der Waals surface area contributed by atoms with Crippen LogP contribution in [-0.2, 0) is 6.42 Å². The highest BCUT2D eigenvalue weighted by Crippen LogP contribution is 2.17. The quantitative estimate of drug-likeness (QED) is 0.729. The Morgan fingerprint density at radius 3 is 2.80 bits per heavy atom. The maximum absolute atomic E-state index is 12.2. The molecule has 2 heteroatoms. The molecule has 1 nitrogen and oxygen atoms in total. The number of rotatable bonds is 4. The van der Waals surface area contributed by atoms with Crippen molar-refractivity contribution in [1.82, 2.24) is 0 Å². The molecule has 0 unspecified atom stereocenters. The van der Waals surface area contributed by atoms with Crippen LogP contribution in [0, 0.1) is 0 Å². The van der Waals surface area contributed by atoms with Gasteiger partial charge in [-0.05, 0) is 50.5 Å². The first kappa shape index (κ1) is 11.8. The minimum Gasteiger partial charge on any atom is -0.491 e. The first-order valence-electron chi connectivity index (χ1n) is 5.13. The summed E-state index contributed by atoms with van der Waals surface area (Å²) in [6.07, 6.45) is 1.44. The predicted molar refractivity (Wildman–Crippen MR) is 60.8 cm³/mol. The number of halogens is 1. The molecule has 82 valence electrons. The van der Waals surface area contributed by atoms with E-state index in [1.54, 1.807) is 6.92 Å². The largest absolute Gasteiger partial charge is 0.491 e. The zero-order chi connectivity index (χ0) is 11.3. The van der Waals surface area contributed by atoms with Crippen molar-refractivity contribution >= 4 is 0 Å². The molecule has 1 aromatic carbocycles. The van der Waals surface area contributed by atoms with E-state index in [4.69, 9.17) is 4.74 Å². The summed E-state index contributed by atoms with van der Waals surface area (Å²) in [7, 11) is 0. The van der Waals surface area contributed by atoms with Gasteiger partial charge in [0.15, 0.2) is 0 Å². The first-order valence-corrected chi connectivity index (χ1v) is 5.13. The third-order valence-electron chi connectivity index (χ3n) is 1.94. The van der Waals surface area contributed by atoms with Gasteiger partial charge in [0.2, 0.25) is 0 Å². The van der Waals surface area contributed by atoms with Crippen molar-refractivity contribution in [3.63, 3.8) is 0 Å². The van der Waals surface area contributed by atoms with Gasteiger partial charge in [0.25, 0.3) is 0 Å². The molecule has 0 aromatic heterocycles. The van der Waals surface area contributed by atoms with E-state index in [0.29, 0.717) is 12.8 Å². The summed E-state index contributed by atoms with van der Waals surface area (Å²) in [6.45, 7) is 5.74. The van der Waals surface area contributed by atoms with Crippen LogP contribution in [0.25, 0.3) is 0 Å². The summed E-state index contributed by atoms with van der Waals surface area (Å²) in [4.78, 5) is 0. The Bertz CT molecular complexity index is 342. The highest BCUT2D eigenvalue weighted by atomic mass is 19.1. The van der Waals surface area contributed by atoms with Crippen molar-refractivity contribution in [2.45, 2.75) is 33.3 Å². The Morgan fingerprint density at radius 2 is 2.20 bits per heavy atom. The van der Waals surface area contributed by atoms with Crippen molar-refractivity contribution in [2.24, 2.45) is 0 Å². The smallest absolute Gasteiger partial charge is 0.119 e. The van der Waals surface area contributed by atoms with Gasteiger partial charge in [0, 0.05) is 0 Å². The summed E-state index contributed by atoms with van der Waals surface area (Å²) in [5.74, 6) is 0.842. The Labute approximate surface area is 90.6 Å². The average Bonchev–Trinajstić information content (AvgIpc) is 2.17. The van der Waals surface area contributed by atoms with E-state index in [2.05, 4.69) is 0 Å². The molecule has 0 radical (unpaired) electrons. The van der Waals surface area contributed by atoms with Gasteiger partial charge in [0.1, 0.15) is 5.75 Å². The minimum absolute atomic E-state index is 0.165. The zero-order valence-corrected chi connectivity index (χ0v) is 9.46. The number of hydrogen-bond donors (Lipinski definition) is 0. The third kappa shape index (κ3) is 4.15. The molecule has 0 aliphatic carbocycles. The second-order valence-corrected chi connectivity index (χ2v) is 3.95. The standard InChI is InChI=1S/C13H17FO/c1-10(2)15-13-6-4-5-12(8-13)7-11(3)9-14/h4-6,8-10H,7H2,1-3H3/b11-9-. The molecule has 0 saturated heterocycles. The van der Waals surface area contributed by atoms with Gasteiger partial charge in [-0.25, -0.2) is 4.39 Å². The molecule has 0 fully saturated rings. The summed E-state index contributed by atoms with van der Waals surface area (Å²) in [6, 6.07) is 7.77. The van der Waals surface area contributed by atoms with Crippen LogP contribution in [0.3, 0.4) is 0 Å². The van der Waals surface area contributed by atoms with Crippen molar-refractivity contribution < 1.29 is 9.13 Å². The van der Waals surface area contributed by atoms with Crippen LogP contribution in [0.4, 0.5) is 4.39 Å². The van der Waals surface area contributed by atoms with Crippen molar-refractivity contribution in [3.8, 4) is 5.75 Å². The molecule has 0 N–H and O–H groups in total. The van der Waals surface area contributed by atoms with E-state index in [1.807, 2.05) is 38.1 Å². The summed E-state index contributed by atoms with van der Waals surface area (Å²) < 4.78 is 17.7. The zero-order valence-electron chi connectivity index (χ0n) is 9.46. The lowest BCUT2D eigenvalue weighted by Crippen LogP contribution is -2.05. The normalized spacial score (nSPS) is 11.9. The van der Waals surface area contributed by atoms with E-state index in [0.717, 1.165) is 16.9 Å². The Morgan fingerprint density at radius 1 is 1.47 bits per heavy atom. The number of allylic oxidation sites excluding steroid dienone is 1.